The highest BCUT2D eigenvalue weighted by Crippen LogP contribution is 2.32. The van der Waals surface area contributed by atoms with Gasteiger partial charge in [0.15, 0.2) is 17.3 Å². The van der Waals surface area contributed by atoms with E-state index in [1.165, 1.54) is 31.4 Å². The van der Waals surface area contributed by atoms with Crippen molar-refractivity contribution in [2.24, 2.45) is 0 Å². The van der Waals surface area contributed by atoms with E-state index in [2.05, 4.69) is 10.1 Å². The van der Waals surface area contributed by atoms with Crippen LogP contribution in [0.5, 0.6) is 11.5 Å². The Bertz CT molecular complexity index is 926. The minimum atomic E-state index is -3.01. The minimum Gasteiger partial charge on any atom is -0.493 e. The summed E-state index contributed by atoms with van der Waals surface area (Å²) >= 11 is 5.90. The van der Waals surface area contributed by atoms with Crippen LogP contribution in [0.2, 0.25) is 5.02 Å². The number of nitrogens with one attached hydrogen (secondary N) is 1. The van der Waals surface area contributed by atoms with Gasteiger partial charge in [-0.25, -0.2) is 0 Å². The number of carbonyl (C=O) groups excluding carboxylic acids is 1. The first-order valence-corrected chi connectivity index (χ1v) is 7.47. The molecule has 1 aromatic heterocycles. The molecule has 3 rings (SSSR count). The fourth-order valence-electron chi connectivity index (χ4n) is 2.26. The van der Waals surface area contributed by atoms with Crippen LogP contribution in [-0.4, -0.2) is 19.6 Å². The molecule has 130 valence electrons. The first-order chi connectivity index (χ1) is 12.0. The van der Waals surface area contributed by atoms with Gasteiger partial charge in [-0.15, -0.1) is 0 Å². The van der Waals surface area contributed by atoms with Crippen LogP contribution < -0.4 is 14.8 Å². The quantitative estimate of drug-likeness (QED) is 0.693. The summed E-state index contributed by atoms with van der Waals surface area (Å²) < 4.78 is 39.7. The number of hydrogen-bond acceptors (Lipinski definition) is 4. The molecule has 0 bridgehead atoms. The molecule has 1 heterocycles. The summed E-state index contributed by atoms with van der Waals surface area (Å²) in [5.41, 5.74) is 0.756. The number of amides is 1. The molecule has 1 amide bonds. The Morgan fingerprint density at radius 2 is 1.96 bits per heavy atom. The fraction of sp³-hybridized carbons (Fsp3) is 0.118. The smallest absolute Gasteiger partial charge is 0.387 e. The van der Waals surface area contributed by atoms with Crippen LogP contribution in [0.15, 0.2) is 46.9 Å². The predicted octanol–water partition coefficient (Wildman–Crippen LogP) is 4.95. The third-order valence-electron chi connectivity index (χ3n) is 3.34. The van der Waals surface area contributed by atoms with Gasteiger partial charge >= 0.3 is 6.61 Å². The number of hydrogen-bond donors (Lipinski definition) is 1. The van der Waals surface area contributed by atoms with Crippen molar-refractivity contribution in [2.75, 3.05) is 12.4 Å². The van der Waals surface area contributed by atoms with E-state index < -0.39 is 12.5 Å². The van der Waals surface area contributed by atoms with Crippen molar-refractivity contribution in [1.29, 1.82) is 0 Å². The van der Waals surface area contributed by atoms with E-state index in [0.29, 0.717) is 16.0 Å². The number of furan rings is 1. The molecule has 0 saturated carbocycles. The van der Waals surface area contributed by atoms with Gasteiger partial charge < -0.3 is 19.2 Å². The van der Waals surface area contributed by atoms with Gasteiger partial charge in [0.25, 0.3) is 5.91 Å². The summed E-state index contributed by atoms with van der Waals surface area (Å²) in [5, 5.41) is 3.75. The van der Waals surface area contributed by atoms with Crippen molar-refractivity contribution < 1.29 is 27.5 Å². The van der Waals surface area contributed by atoms with Crippen molar-refractivity contribution in [3.05, 3.63) is 53.2 Å². The molecule has 2 aromatic carbocycles. The molecule has 0 saturated heterocycles. The maximum atomic E-state index is 12.5. The molecule has 0 atom stereocenters. The molecule has 0 fully saturated rings. The standard InChI is InChI=1S/C17H12ClF2NO4/c1-23-13-5-3-11(8-14(13)25-17(19)20)21-16(22)15-7-9-6-10(18)2-4-12(9)24-15/h2-8,17H,1H3,(H,21,22). The molecule has 5 nitrogen and oxygen atoms in total. The molecule has 0 aliphatic rings. The molecule has 3 aromatic rings. The molecule has 8 heteroatoms. The van der Waals surface area contributed by atoms with E-state index in [-0.39, 0.29) is 22.9 Å². The summed E-state index contributed by atoms with van der Waals surface area (Å²) in [5.74, 6) is -0.548. The summed E-state index contributed by atoms with van der Waals surface area (Å²) in [4.78, 5) is 12.3. The maximum absolute atomic E-state index is 12.5. The van der Waals surface area contributed by atoms with Crippen LogP contribution in [0.3, 0.4) is 0 Å². The van der Waals surface area contributed by atoms with E-state index in [1.807, 2.05) is 0 Å². The fourth-order valence-corrected chi connectivity index (χ4v) is 2.44. The van der Waals surface area contributed by atoms with Crippen molar-refractivity contribution >= 4 is 34.2 Å². The molecule has 25 heavy (non-hydrogen) atoms. The summed E-state index contributed by atoms with van der Waals surface area (Å²) in [6.07, 6.45) is 0. The van der Waals surface area contributed by atoms with Crippen LogP contribution in [0.25, 0.3) is 11.0 Å². The second-order valence-electron chi connectivity index (χ2n) is 4.99. The minimum absolute atomic E-state index is 0.0596. The van der Waals surface area contributed by atoms with Crippen LogP contribution in [0.1, 0.15) is 10.6 Å². The second-order valence-corrected chi connectivity index (χ2v) is 5.43. The Kier molecular flexibility index (Phi) is 4.76. The van der Waals surface area contributed by atoms with Crippen LogP contribution in [0.4, 0.5) is 14.5 Å². The Labute approximate surface area is 146 Å². The number of fused-ring (bicyclic) bond motifs is 1. The van der Waals surface area contributed by atoms with Crippen molar-refractivity contribution in [1.82, 2.24) is 0 Å². The van der Waals surface area contributed by atoms with Crippen LogP contribution in [-0.2, 0) is 0 Å². The monoisotopic (exact) mass is 367 g/mol. The Balaban J connectivity index is 1.84. The van der Waals surface area contributed by atoms with Gasteiger partial charge in [-0.05, 0) is 36.4 Å². The molecule has 0 aliphatic carbocycles. The highest BCUT2D eigenvalue weighted by Gasteiger charge is 2.15. The van der Waals surface area contributed by atoms with Crippen molar-refractivity contribution in [3.8, 4) is 11.5 Å². The van der Waals surface area contributed by atoms with Crippen LogP contribution >= 0.6 is 11.6 Å². The molecule has 0 aliphatic heterocycles. The molecule has 1 N–H and O–H groups in total. The Morgan fingerprint density at radius 1 is 1.16 bits per heavy atom. The topological polar surface area (TPSA) is 60.7 Å². The Morgan fingerprint density at radius 3 is 2.68 bits per heavy atom. The SMILES string of the molecule is COc1ccc(NC(=O)c2cc3cc(Cl)ccc3o2)cc1OC(F)F. The van der Waals surface area contributed by atoms with Crippen LogP contribution in [0, 0.1) is 0 Å². The zero-order valence-electron chi connectivity index (χ0n) is 12.9. The average molecular weight is 368 g/mol. The highest BCUT2D eigenvalue weighted by atomic mass is 35.5. The third kappa shape index (κ3) is 3.83. The molecule has 0 unspecified atom stereocenters. The first-order valence-electron chi connectivity index (χ1n) is 7.09. The second kappa shape index (κ2) is 6.98. The number of methoxy groups -OCH3 is 1. The molecule has 0 radical (unpaired) electrons. The van der Waals surface area contributed by atoms with Crippen molar-refractivity contribution in [2.45, 2.75) is 6.61 Å². The molecule has 0 spiro atoms. The summed E-state index contributed by atoms with van der Waals surface area (Å²) in [6.45, 7) is -3.01. The van der Waals surface area contributed by atoms with Gasteiger partial charge in [-0.3, -0.25) is 4.79 Å². The summed E-state index contributed by atoms with van der Waals surface area (Å²) in [6, 6.07) is 10.6. The van der Waals surface area contributed by atoms with Gasteiger partial charge in [0.05, 0.1) is 7.11 Å². The predicted molar refractivity (Wildman–Crippen MR) is 88.8 cm³/mol. The third-order valence-corrected chi connectivity index (χ3v) is 3.57. The lowest BCUT2D eigenvalue weighted by Crippen LogP contribution is -2.11. The summed E-state index contributed by atoms with van der Waals surface area (Å²) in [7, 11) is 1.32. The first kappa shape index (κ1) is 17.0. The Hall–Kier alpha value is -2.80. The van der Waals surface area contributed by atoms with Gasteiger partial charge in [-0.1, -0.05) is 11.6 Å². The van der Waals surface area contributed by atoms with Gasteiger partial charge in [0, 0.05) is 22.2 Å². The number of carbonyl (C=O) groups is 1. The normalized spacial score (nSPS) is 10.9. The number of alkyl halides is 2. The van der Waals surface area contributed by atoms with Gasteiger partial charge in [0.1, 0.15) is 5.58 Å². The van der Waals surface area contributed by atoms with E-state index >= 15 is 0 Å². The molecular weight excluding hydrogens is 356 g/mol. The van der Waals surface area contributed by atoms with Crippen molar-refractivity contribution in [3.63, 3.8) is 0 Å². The number of anilines is 1. The van der Waals surface area contributed by atoms with E-state index in [1.54, 1.807) is 18.2 Å². The largest absolute Gasteiger partial charge is 0.493 e. The average Bonchev–Trinajstić information content (AvgIpc) is 2.98. The lowest BCUT2D eigenvalue weighted by atomic mass is 10.2. The number of benzene rings is 2. The lowest BCUT2D eigenvalue weighted by molar-refractivity contribution is -0.0511. The number of ether oxygens (including phenoxy) is 2. The van der Waals surface area contributed by atoms with E-state index in [0.717, 1.165) is 0 Å². The van der Waals surface area contributed by atoms with Gasteiger partial charge in [-0.2, -0.15) is 8.78 Å². The molecular formula is C17H12ClF2NO4. The number of rotatable bonds is 5. The lowest BCUT2D eigenvalue weighted by Gasteiger charge is -2.11. The zero-order chi connectivity index (χ0) is 18.0. The maximum Gasteiger partial charge on any atom is 0.387 e. The highest BCUT2D eigenvalue weighted by molar-refractivity contribution is 6.31. The number of halogens is 3. The van der Waals surface area contributed by atoms with E-state index in [4.69, 9.17) is 20.8 Å². The zero-order valence-corrected chi connectivity index (χ0v) is 13.6. The van der Waals surface area contributed by atoms with Gasteiger partial charge in [0.2, 0.25) is 0 Å². The van der Waals surface area contributed by atoms with E-state index in [9.17, 15) is 13.6 Å².